The molecule has 4 heteroatoms. The highest BCUT2D eigenvalue weighted by Gasteiger charge is 2.03. The van der Waals surface area contributed by atoms with Gasteiger partial charge in [-0.1, -0.05) is 30.3 Å². The average molecular weight is 270 g/mol. The van der Waals surface area contributed by atoms with Gasteiger partial charge in [-0.3, -0.25) is 0 Å². The van der Waals surface area contributed by atoms with Crippen molar-refractivity contribution in [2.75, 3.05) is 12.4 Å². The van der Waals surface area contributed by atoms with Crippen LogP contribution in [0, 0.1) is 6.92 Å². The number of rotatable bonds is 4. The van der Waals surface area contributed by atoms with Crippen molar-refractivity contribution >= 4 is 11.7 Å². The maximum absolute atomic E-state index is 11.8. The first kappa shape index (κ1) is 13.9. The van der Waals surface area contributed by atoms with Crippen molar-refractivity contribution in [3.8, 4) is 5.75 Å². The largest absolute Gasteiger partial charge is 0.497 e. The number of anilines is 1. The second-order valence-corrected chi connectivity index (χ2v) is 4.47. The minimum Gasteiger partial charge on any atom is -0.497 e. The van der Waals surface area contributed by atoms with Gasteiger partial charge in [-0.05, 0) is 30.2 Å². The van der Waals surface area contributed by atoms with E-state index in [4.69, 9.17) is 4.74 Å². The molecule has 0 aliphatic carbocycles. The molecule has 0 fully saturated rings. The van der Waals surface area contributed by atoms with Crippen LogP contribution in [0.3, 0.4) is 0 Å². The third-order valence-electron chi connectivity index (χ3n) is 3.03. The summed E-state index contributed by atoms with van der Waals surface area (Å²) in [5.41, 5.74) is 2.97. The summed E-state index contributed by atoms with van der Waals surface area (Å²) in [4.78, 5) is 11.8. The quantitative estimate of drug-likeness (QED) is 0.895. The molecule has 2 amide bonds. The lowest BCUT2D eigenvalue weighted by Gasteiger charge is -2.10. The minimum absolute atomic E-state index is 0.235. The maximum atomic E-state index is 11.8. The fourth-order valence-corrected chi connectivity index (χ4v) is 1.86. The first-order valence-electron chi connectivity index (χ1n) is 6.42. The molecule has 2 aromatic rings. The van der Waals surface area contributed by atoms with E-state index in [1.54, 1.807) is 13.2 Å². The molecule has 104 valence electrons. The molecule has 0 aliphatic heterocycles. The number of carbonyl (C=O) groups excluding carboxylic acids is 1. The maximum Gasteiger partial charge on any atom is 0.319 e. The number of urea groups is 1. The van der Waals surface area contributed by atoms with Gasteiger partial charge in [0.2, 0.25) is 0 Å². The highest BCUT2D eigenvalue weighted by molar-refractivity contribution is 5.89. The molecule has 0 saturated heterocycles. The smallest absolute Gasteiger partial charge is 0.319 e. The van der Waals surface area contributed by atoms with Crippen LogP contribution in [0.25, 0.3) is 0 Å². The summed E-state index contributed by atoms with van der Waals surface area (Å²) in [6, 6.07) is 15.0. The van der Waals surface area contributed by atoms with E-state index >= 15 is 0 Å². The van der Waals surface area contributed by atoms with E-state index in [1.165, 1.54) is 0 Å². The zero-order chi connectivity index (χ0) is 14.4. The average Bonchev–Trinajstić information content (AvgIpc) is 2.46. The molecule has 0 aromatic heterocycles. The van der Waals surface area contributed by atoms with Gasteiger partial charge in [-0.2, -0.15) is 0 Å². The summed E-state index contributed by atoms with van der Waals surface area (Å²) < 4.78 is 5.11. The van der Waals surface area contributed by atoms with Crippen molar-refractivity contribution in [3.05, 3.63) is 59.7 Å². The van der Waals surface area contributed by atoms with Crippen molar-refractivity contribution in [2.45, 2.75) is 13.5 Å². The van der Waals surface area contributed by atoms with Crippen LogP contribution in [0.1, 0.15) is 11.1 Å². The summed E-state index contributed by atoms with van der Waals surface area (Å²) in [7, 11) is 1.59. The Balaban J connectivity index is 1.91. The molecular formula is C16H18N2O2. The first-order valence-corrected chi connectivity index (χ1v) is 6.42. The third kappa shape index (κ3) is 3.75. The predicted molar refractivity (Wildman–Crippen MR) is 80.0 cm³/mol. The Bertz CT molecular complexity index is 597. The molecule has 0 heterocycles. The molecule has 2 aromatic carbocycles. The molecular weight excluding hydrogens is 252 g/mol. The Morgan fingerprint density at radius 3 is 2.70 bits per heavy atom. The van der Waals surface area contributed by atoms with Crippen molar-refractivity contribution in [1.82, 2.24) is 5.32 Å². The molecule has 20 heavy (non-hydrogen) atoms. The highest BCUT2D eigenvalue weighted by Crippen LogP contribution is 2.16. The molecule has 0 spiro atoms. The number of benzene rings is 2. The van der Waals surface area contributed by atoms with E-state index in [9.17, 15) is 4.79 Å². The minimum atomic E-state index is -0.235. The zero-order valence-corrected chi connectivity index (χ0v) is 11.6. The van der Waals surface area contributed by atoms with E-state index in [1.807, 2.05) is 49.4 Å². The summed E-state index contributed by atoms with van der Waals surface area (Å²) in [5.74, 6) is 0.710. The summed E-state index contributed by atoms with van der Waals surface area (Å²) >= 11 is 0. The molecule has 0 radical (unpaired) electrons. The zero-order valence-electron chi connectivity index (χ0n) is 11.6. The summed E-state index contributed by atoms with van der Waals surface area (Å²) in [6.07, 6.45) is 0. The Hall–Kier alpha value is -2.49. The van der Waals surface area contributed by atoms with Gasteiger partial charge in [-0.25, -0.2) is 4.79 Å². The lowest BCUT2D eigenvalue weighted by molar-refractivity contribution is 0.251. The normalized spacial score (nSPS) is 9.90. The van der Waals surface area contributed by atoms with Crippen LogP contribution in [0.15, 0.2) is 48.5 Å². The van der Waals surface area contributed by atoms with Gasteiger partial charge in [0, 0.05) is 18.3 Å². The number of hydrogen-bond donors (Lipinski definition) is 2. The number of ether oxygens (including phenoxy) is 1. The van der Waals surface area contributed by atoms with Gasteiger partial charge >= 0.3 is 6.03 Å². The Morgan fingerprint density at radius 2 is 1.95 bits per heavy atom. The Kier molecular flexibility index (Phi) is 4.60. The van der Waals surface area contributed by atoms with Crippen LogP contribution in [-0.2, 0) is 6.54 Å². The van der Waals surface area contributed by atoms with E-state index in [0.29, 0.717) is 18.0 Å². The fraction of sp³-hybridized carbons (Fsp3) is 0.188. The van der Waals surface area contributed by atoms with Crippen molar-refractivity contribution in [3.63, 3.8) is 0 Å². The summed E-state index contributed by atoms with van der Waals surface area (Å²) in [5, 5.41) is 5.61. The second kappa shape index (κ2) is 6.61. The number of nitrogens with one attached hydrogen (secondary N) is 2. The van der Waals surface area contributed by atoms with E-state index in [0.717, 1.165) is 11.1 Å². The predicted octanol–water partition coefficient (Wildman–Crippen LogP) is 3.33. The van der Waals surface area contributed by atoms with E-state index < -0.39 is 0 Å². The molecule has 0 bridgehead atoms. The van der Waals surface area contributed by atoms with Gasteiger partial charge in [-0.15, -0.1) is 0 Å². The van der Waals surface area contributed by atoms with Crippen LogP contribution in [0.4, 0.5) is 10.5 Å². The van der Waals surface area contributed by atoms with Crippen LogP contribution < -0.4 is 15.4 Å². The van der Waals surface area contributed by atoms with Crippen LogP contribution in [-0.4, -0.2) is 13.1 Å². The molecule has 2 rings (SSSR count). The number of hydrogen-bond acceptors (Lipinski definition) is 2. The highest BCUT2D eigenvalue weighted by atomic mass is 16.5. The third-order valence-corrected chi connectivity index (χ3v) is 3.03. The van der Waals surface area contributed by atoms with Crippen molar-refractivity contribution in [1.29, 1.82) is 0 Å². The van der Waals surface area contributed by atoms with E-state index in [-0.39, 0.29) is 6.03 Å². The SMILES string of the molecule is COc1cccc(NC(=O)NCc2ccccc2C)c1. The first-order chi connectivity index (χ1) is 9.69. The molecule has 2 N–H and O–H groups in total. The standard InChI is InChI=1S/C16H18N2O2/c1-12-6-3-4-7-13(12)11-17-16(19)18-14-8-5-9-15(10-14)20-2/h3-10H,11H2,1-2H3,(H2,17,18,19). The van der Waals surface area contributed by atoms with Gasteiger partial charge in [0.05, 0.1) is 7.11 Å². The molecule has 0 unspecified atom stereocenters. The van der Waals surface area contributed by atoms with Gasteiger partial charge in [0.25, 0.3) is 0 Å². The molecule has 4 nitrogen and oxygen atoms in total. The molecule has 0 atom stereocenters. The summed E-state index contributed by atoms with van der Waals surface area (Å²) in [6.45, 7) is 2.53. The second-order valence-electron chi connectivity index (χ2n) is 4.47. The van der Waals surface area contributed by atoms with Gasteiger partial charge in [0.15, 0.2) is 0 Å². The van der Waals surface area contributed by atoms with Crippen LogP contribution in [0.2, 0.25) is 0 Å². The van der Waals surface area contributed by atoms with Crippen molar-refractivity contribution < 1.29 is 9.53 Å². The van der Waals surface area contributed by atoms with Gasteiger partial charge < -0.3 is 15.4 Å². The van der Waals surface area contributed by atoms with Gasteiger partial charge in [0.1, 0.15) is 5.75 Å². The number of aryl methyl sites for hydroxylation is 1. The molecule has 0 aliphatic rings. The number of amides is 2. The van der Waals surface area contributed by atoms with Crippen LogP contribution >= 0.6 is 0 Å². The Labute approximate surface area is 118 Å². The Morgan fingerprint density at radius 1 is 1.15 bits per heavy atom. The van der Waals surface area contributed by atoms with Crippen molar-refractivity contribution in [2.24, 2.45) is 0 Å². The van der Waals surface area contributed by atoms with E-state index in [2.05, 4.69) is 10.6 Å². The monoisotopic (exact) mass is 270 g/mol. The lowest BCUT2D eigenvalue weighted by atomic mass is 10.1. The topological polar surface area (TPSA) is 50.4 Å². The fourth-order valence-electron chi connectivity index (χ4n) is 1.86. The number of methoxy groups -OCH3 is 1. The van der Waals surface area contributed by atoms with Crippen LogP contribution in [0.5, 0.6) is 5.75 Å². The number of carbonyl (C=O) groups is 1. The lowest BCUT2D eigenvalue weighted by Crippen LogP contribution is -2.28. The molecule has 0 saturated carbocycles.